The fourth-order valence-electron chi connectivity index (χ4n) is 3.00. The first-order chi connectivity index (χ1) is 16.9. The minimum atomic E-state index is -0.521. The molecule has 11 heteroatoms. The zero-order chi connectivity index (χ0) is 24.8. The largest absolute Gasteiger partial charge is 0.322 e. The Morgan fingerprint density at radius 1 is 1.00 bits per heavy atom. The van der Waals surface area contributed by atoms with Gasteiger partial charge in [0.15, 0.2) is 5.13 Å². The Morgan fingerprint density at radius 3 is 2.40 bits per heavy atom. The Morgan fingerprint density at radius 2 is 1.71 bits per heavy atom. The summed E-state index contributed by atoms with van der Waals surface area (Å²) in [7, 11) is 0. The lowest BCUT2D eigenvalue weighted by Gasteiger charge is -2.07. The molecule has 8 nitrogen and oxygen atoms in total. The number of carbonyl (C=O) groups excluding carboxylic acids is 2. The van der Waals surface area contributed by atoms with Crippen molar-refractivity contribution in [2.75, 3.05) is 16.4 Å². The number of halogens is 1. The number of nitro benzene ring substituents is 1. The minimum Gasteiger partial charge on any atom is -0.322 e. The van der Waals surface area contributed by atoms with Crippen LogP contribution in [0.3, 0.4) is 0 Å². The van der Waals surface area contributed by atoms with Crippen LogP contribution in [0.2, 0.25) is 5.02 Å². The van der Waals surface area contributed by atoms with E-state index in [1.807, 2.05) is 23.6 Å². The van der Waals surface area contributed by atoms with Gasteiger partial charge in [-0.3, -0.25) is 19.7 Å². The van der Waals surface area contributed by atoms with E-state index < -0.39 is 4.92 Å². The van der Waals surface area contributed by atoms with E-state index in [1.54, 1.807) is 30.3 Å². The van der Waals surface area contributed by atoms with Crippen LogP contribution in [-0.2, 0) is 4.79 Å². The van der Waals surface area contributed by atoms with Gasteiger partial charge in [-0.05, 0) is 42.5 Å². The number of carbonyl (C=O) groups is 2. The van der Waals surface area contributed by atoms with E-state index in [0.29, 0.717) is 27.1 Å². The number of nitro groups is 1. The molecule has 4 rings (SSSR count). The van der Waals surface area contributed by atoms with E-state index in [-0.39, 0.29) is 23.3 Å². The molecule has 1 heterocycles. The molecular weight excluding hydrogens is 508 g/mol. The van der Waals surface area contributed by atoms with Crippen molar-refractivity contribution < 1.29 is 14.5 Å². The number of nitrogens with one attached hydrogen (secondary N) is 2. The predicted octanol–water partition coefficient (Wildman–Crippen LogP) is 6.35. The molecule has 0 aliphatic heterocycles. The molecule has 4 aromatic rings. The summed E-state index contributed by atoms with van der Waals surface area (Å²) in [5, 5.41) is 19.2. The van der Waals surface area contributed by atoms with Gasteiger partial charge in [0, 0.05) is 44.2 Å². The first kappa shape index (κ1) is 24.4. The number of aromatic nitrogens is 1. The van der Waals surface area contributed by atoms with Gasteiger partial charge in [0.05, 0.1) is 16.4 Å². The molecule has 176 valence electrons. The Bertz CT molecular complexity index is 1380. The average Bonchev–Trinajstić information content (AvgIpc) is 3.32. The fourth-order valence-corrected chi connectivity index (χ4v) is 4.66. The number of hydrogen-bond acceptors (Lipinski definition) is 7. The Hall–Kier alpha value is -3.73. The smallest absolute Gasteiger partial charge is 0.269 e. The highest BCUT2D eigenvalue weighted by atomic mass is 35.5. The number of hydrogen-bond donors (Lipinski definition) is 2. The number of non-ortho nitro benzene ring substituents is 1. The highest BCUT2D eigenvalue weighted by molar-refractivity contribution is 8.00. The zero-order valence-electron chi connectivity index (χ0n) is 17.9. The van der Waals surface area contributed by atoms with Crippen molar-refractivity contribution in [3.05, 3.63) is 98.9 Å². The topological polar surface area (TPSA) is 114 Å². The molecule has 0 radical (unpaired) electrons. The van der Waals surface area contributed by atoms with Crippen molar-refractivity contribution in [3.8, 4) is 11.3 Å². The van der Waals surface area contributed by atoms with E-state index in [1.165, 1.54) is 47.4 Å². The number of benzene rings is 3. The van der Waals surface area contributed by atoms with Crippen LogP contribution in [0.1, 0.15) is 10.4 Å². The quantitative estimate of drug-likeness (QED) is 0.157. The second-order valence-corrected chi connectivity index (χ2v) is 9.45. The van der Waals surface area contributed by atoms with Crippen molar-refractivity contribution >= 4 is 63.0 Å². The lowest BCUT2D eigenvalue weighted by atomic mass is 10.2. The summed E-state index contributed by atoms with van der Waals surface area (Å²) in [6.07, 6.45) is 0. The summed E-state index contributed by atoms with van der Waals surface area (Å²) in [6.45, 7) is 0. The molecule has 0 saturated carbocycles. The Labute approximate surface area is 213 Å². The summed E-state index contributed by atoms with van der Waals surface area (Å²) in [6, 6.07) is 19.8. The average molecular weight is 525 g/mol. The number of amides is 2. The van der Waals surface area contributed by atoms with E-state index in [9.17, 15) is 19.7 Å². The standard InChI is InChI=1S/C24H17ClN4O4S2/c25-20-4-2-1-3-19(20)21-13-35-24(27-21)28-22(30)14-34-18-11-7-16(8-12-18)26-23(31)15-5-9-17(10-6-15)29(32)33/h1-13H,14H2,(H,26,31)(H,27,28,30). The van der Waals surface area contributed by atoms with Crippen molar-refractivity contribution in [1.29, 1.82) is 0 Å². The fraction of sp³-hybridized carbons (Fsp3) is 0.0417. The van der Waals surface area contributed by atoms with Gasteiger partial charge in [-0.1, -0.05) is 29.8 Å². The van der Waals surface area contributed by atoms with E-state index >= 15 is 0 Å². The summed E-state index contributed by atoms with van der Waals surface area (Å²) >= 11 is 8.88. The summed E-state index contributed by atoms with van der Waals surface area (Å²) in [5.74, 6) is -0.375. The van der Waals surface area contributed by atoms with Gasteiger partial charge in [-0.2, -0.15) is 0 Å². The predicted molar refractivity (Wildman–Crippen MR) is 139 cm³/mol. The molecule has 0 aliphatic rings. The summed E-state index contributed by atoms with van der Waals surface area (Å²) < 4.78 is 0. The molecule has 1 aromatic heterocycles. The van der Waals surface area contributed by atoms with Gasteiger partial charge in [0.2, 0.25) is 5.91 Å². The van der Waals surface area contributed by atoms with E-state index in [0.717, 1.165) is 10.5 Å². The maximum Gasteiger partial charge on any atom is 0.269 e. The molecule has 35 heavy (non-hydrogen) atoms. The highest BCUT2D eigenvalue weighted by Crippen LogP contribution is 2.30. The van der Waals surface area contributed by atoms with Crippen LogP contribution in [0, 0.1) is 10.1 Å². The van der Waals surface area contributed by atoms with Crippen LogP contribution in [0.25, 0.3) is 11.3 Å². The second-order valence-electron chi connectivity index (χ2n) is 7.14. The van der Waals surface area contributed by atoms with Crippen molar-refractivity contribution in [2.45, 2.75) is 4.90 Å². The summed E-state index contributed by atoms with van der Waals surface area (Å²) in [4.78, 5) is 40.2. The van der Waals surface area contributed by atoms with Gasteiger partial charge in [-0.15, -0.1) is 23.1 Å². The molecule has 0 aliphatic carbocycles. The van der Waals surface area contributed by atoms with Crippen LogP contribution in [0.4, 0.5) is 16.5 Å². The van der Waals surface area contributed by atoms with E-state index in [4.69, 9.17) is 11.6 Å². The molecule has 0 spiro atoms. The van der Waals surface area contributed by atoms with Gasteiger partial charge in [-0.25, -0.2) is 4.98 Å². The van der Waals surface area contributed by atoms with Crippen LogP contribution < -0.4 is 10.6 Å². The van der Waals surface area contributed by atoms with Crippen molar-refractivity contribution in [2.24, 2.45) is 0 Å². The first-order valence-corrected chi connectivity index (χ1v) is 12.4. The van der Waals surface area contributed by atoms with Gasteiger partial charge in [0.1, 0.15) is 0 Å². The minimum absolute atomic E-state index is 0.0807. The molecular formula is C24H17ClN4O4S2. The van der Waals surface area contributed by atoms with Gasteiger partial charge < -0.3 is 10.6 Å². The Balaban J connectivity index is 1.27. The molecule has 0 unspecified atom stereocenters. The third kappa shape index (κ3) is 6.44. The number of anilines is 2. The van der Waals surface area contributed by atoms with Crippen LogP contribution in [-0.4, -0.2) is 27.5 Å². The maximum atomic E-state index is 12.3. The van der Waals surface area contributed by atoms with Crippen molar-refractivity contribution in [3.63, 3.8) is 0 Å². The SMILES string of the molecule is O=C(CSc1ccc(NC(=O)c2ccc([N+](=O)[O-])cc2)cc1)Nc1nc(-c2ccccc2Cl)cs1. The van der Waals surface area contributed by atoms with Gasteiger partial charge in [0.25, 0.3) is 11.6 Å². The normalized spacial score (nSPS) is 10.5. The molecule has 3 aromatic carbocycles. The number of rotatable bonds is 8. The molecule has 0 atom stereocenters. The monoisotopic (exact) mass is 524 g/mol. The second kappa shape index (κ2) is 11.1. The molecule has 0 saturated heterocycles. The number of nitrogens with zero attached hydrogens (tertiary/aromatic N) is 2. The van der Waals surface area contributed by atoms with E-state index in [2.05, 4.69) is 15.6 Å². The first-order valence-electron chi connectivity index (χ1n) is 10.2. The third-order valence-corrected chi connectivity index (χ3v) is 6.82. The number of thiazole rings is 1. The van der Waals surface area contributed by atoms with Crippen molar-refractivity contribution in [1.82, 2.24) is 4.98 Å². The lowest BCUT2D eigenvalue weighted by molar-refractivity contribution is -0.384. The molecule has 0 bridgehead atoms. The lowest BCUT2D eigenvalue weighted by Crippen LogP contribution is -2.13. The maximum absolute atomic E-state index is 12.3. The van der Waals surface area contributed by atoms with Crippen LogP contribution in [0.5, 0.6) is 0 Å². The zero-order valence-corrected chi connectivity index (χ0v) is 20.3. The summed E-state index contributed by atoms with van der Waals surface area (Å²) in [5.41, 5.74) is 2.31. The molecule has 0 fully saturated rings. The van der Waals surface area contributed by atoms with Crippen LogP contribution >= 0.6 is 34.7 Å². The highest BCUT2D eigenvalue weighted by Gasteiger charge is 2.12. The van der Waals surface area contributed by atoms with Gasteiger partial charge >= 0.3 is 0 Å². The molecule has 2 amide bonds. The Kier molecular flexibility index (Phi) is 7.76. The number of thioether (sulfide) groups is 1. The molecule has 2 N–H and O–H groups in total. The van der Waals surface area contributed by atoms with Crippen LogP contribution in [0.15, 0.2) is 83.1 Å². The third-order valence-electron chi connectivity index (χ3n) is 4.72.